The molecule has 0 N–H and O–H groups in total. The Morgan fingerprint density at radius 2 is 1.61 bits per heavy atom. The summed E-state index contributed by atoms with van der Waals surface area (Å²) in [6.45, 7) is 7.22. The lowest BCUT2D eigenvalue weighted by atomic mass is 9.90. The van der Waals surface area contributed by atoms with Crippen LogP contribution in [-0.2, 0) is 28.2 Å². The van der Waals surface area contributed by atoms with Gasteiger partial charge in [0.25, 0.3) is 0 Å². The van der Waals surface area contributed by atoms with E-state index in [1.807, 2.05) is 12.1 Å². The van der Waals surface area contributed by atoms with Crippen LogP contribution >= 0.6 is 0 Å². The Hall–Kier alpha value is -2.31. The topological polar surface area (TPSA) is 36.3 Å². The van der Waals surface area contributed by atoms with Crippen LogP contribution in [0.15, 0.2) is 36.4 Å². The van der Waals surface area contributed by atoms with Gasteiger partial charge in [-0.05, 0) is 42.5 Å². The molecule has 6 heteroatoms. The van der Waals surface area contributed by atoms with Gasteiger partial charge in [-0.2, -0.15) is 0 Å². The Balaban J connectivity index is 0.000000196. The quantitative estimate of drug-likeness (QED) is 0.338. The molecule has 2 aromatic carbocycles. The number of aryl methyl sites for hydroxylation is 2. The first-order valence-electron chi connectivity index (χ1n) is 12.0. The molecule has 180 valence electrons. The van der Waals surface area contributed by atoms with Gasteiger partial charge < -0.3 is 14.0 Å². The van der Waals surface area contributed by atoms with Gasteiger partial charge >= 0.3 is 0 Å². The third-order valence-electron chi connectivity index (χ3n) is 6.55. The first kappa shape index (κ1) is 25.3. The second-order valence-electron chi connectivity index (χ2n) is 8.59. The molecule has 0 spiro atoms. The molecule has 0 atom stereocenters. The fraction of sp³-hybridized carbons (Fsp3) is 0.519. The predicted molar refractivity (Wildman–Crippen MR) is 128 cm³/mol. The lowest BCUT2D eigenvalue weighted by Gasteiger charge is -2.35. The maximum atomic E-state index is 13.8. The summed E-state index contributed by atoms with van der Waals surface area (Å²) in [7, 11) is 3.18. The maximum absolute atomic E-state index is 13.8. The molecular formula is C27H36F2N2O2. The molecule has 0 radical (unpaired) electrons. The number of halogens is 2. The van der Waals surface area contributed by atoms with E-state index in [0.717, 1.165) is 29.9 Å². The van der Waals surface area contributed by atoms with Crippen LogP contribution < -0.4 is 0 Å². The normalized spacial score (nSPS) is 14.4. The van der Waals surface area contributed by atoms with Crippen LogP contribution in [0, 0.1) is 11.6 Å². The third kappa shape index (κ3) is 5.28. The van der Waals surface area contributed by atoms with Crippen molar-refractivity contribution in [3.05, 3.63) is 65.0 Å². The molecule has 0 unspecified atom stereocenters. The highest BCUT2D eigenvalue weighted by Gasteiger charge is 2.39. The number of hydrogen-bond donors (Lipinski definition) is 0. The molecule has 33 heavy (non-hydrogen) atoms. The summed E-state index contributed by atoms with van der Waals surface area (Å²) in [5.74, 6) is 0.269. The molecule has 2 heterocycles. The van der Waals surface area contributed by atoms with Crippen LogP contribution in [-0.4, -0.2) is 23.8 Å². The number of nitrogens with zero attached hydrogens (tertiary/aromatic N) is 2. The highest BCUT2D eigenvalue weighted by Crippen LogP contribution is 2.40. The molecule has 0 saturated heterocycles. The maximum Gasteiger partial charge on any atom is 0.198 e. The first-order valence-corrected chi connectivity index (χ1v) is 12.0. The van der Waals surface area contributed by atoms with E-state index >= 15 is 0 Å². The number of rotatable bonds is 8. The van der Waals surface area contributed by atoms with E-state index in [4.69, 9.17) is 9.47 Å². The number of methoxy groups -OCH3 is 2. The van der Waals surface area contributed by atoms with E-state index in [2.05, 4.69) is 30.3 Å². The number of aromatic nitrogens is 2. The standard InChI is InChI=1S/C14H17FN2O2.C13H19F/c1-4-12-16-11-8-9(15)7-10-13(11)17(12)6-5-14(10,18-2)19-3;1-3-5-11(6-4-2)12-7-9-13(14)10-8-12/h7-8H,4-6H2,1-3H3;7-11H,3-6H2,1-2H3. The zero-order chi connectivity index (χ0) is 24.0. The Morgan fingerprint density at radius 3 is 2.15 bits per heavy atom. The van der Waals surface area contributed by atoms with Crippen molar-refractivity contribution in [1.82, 2.24) is 9.55 Å². The summed E-state index contributed by atoms with van der Waals surface area (Å²) < 4.78 is 39.8. The molecular weight excluding hydrogens is 422 g/mol. The summed E-state index contributed by atoms with van der Waals surface area (Å²) in [5, 5.41) is 0. The van der Waals surface area contributed by atoms with Crippen LogP contribution in [0.5, 0.6) is 0 Å². The van der Waals surface area contributed by atoms with Gasteiger partial charge in [0, 0.05) is 45.2 Å². The largest absolute Gasteiger partial charge is 0.349 e. The number of ether oxygens (including phenoxy) is 2. The third-order valence-corrected chi connectivity index (χ3v) is 6.55. The number of benzene rings is 2. The Morgan fingerprint density at radius 1 is 0.970 bits per heavy atom. The van der Waals surface area contributed by atoms with Gasteiger partial charge in [-0.3, -0.25) is 0 Å². The molecule has 0 bridgehead atoms. The van der Waals surface area contributed by atoms with Crippen molar-refractivity contribution >= 4 is 11.0 Å². The Kier molecular flexibility index (Phi) is 8.60. The van der Waals surface area contributed by atoms with Crippen molar-refractivity contribution in [2.24, 2.45) is 0 Å². The lowest BCUT2D eigenvalue weighted by Crippen LogP contribution is -2.36. The van der Waals surface area contributed by atoms with Crippen LogP contribution in [0.1, 0.15) is 75.7 Å². The zero-order valence-electron chi connectivity index (χ0n) is 20.5. The van der Waals surface area contributed by atoms with Crippen molar-refractivity contribution in [2.75, 3.05) is 14.2 Å². The van der Waals surface area contributed by atoms with Gasteiger partial charge in [0.2, 0.25) is 0 Å². The molecule has 3 aromatic rings. The molecule has 0 saturated carbocycles. The van der Waals surface area contributed by atoms with E-state index in [-0.39, 0.29) is 11.6 Å². The molecule has 4 nitrogen and oxygen atoms in total. The molecule has 0 aliphatic carbocycles. The van der Waals surface area contributed by atoms with Gasteiger partial charge in [0.05, 0.1) is 11.0 Å². The lowest BCUT2D eigenvalue weighted by molar-refractivity contribution is -0.223. The fourth-order valence-corrected chi connectivity index (χ4v) is 4.89. The number of imidazole rings is 1. The minimum Gasteiger partial charge on any atom is -0.349 e. The molecule has 0 fully saturated rings. The zero-order valence-corrected chi connectivity index (χ0v) is 20.5. The highest BCUT2D eigenvalue weighted by atomic mass is 19.1. The van der Waals surface area contributed by atoms with Gasteiger partial charge in [-0.1, -0.05) is 45.7 Å². The minimum absolute atomic E-state index is 0.138. The average Bonchev–Trinajstić information content (AvgIpc) is 3.19. The minimum atomic E-state index is -0.874. The van der Waals surface area contributed by atoms with Gasteiger partial charge in [0.1, 0.15) is 17.5 Å². The van der Waals surface area contributed by atoms with Crippen molar-refractivity contribution < 1.29 is 18.3 Å². The monoisotopic (exact) mass is 458 g/mol. The smallest absolute Gasteiger partial charge is 0.198 e. The summed E-state index contributed by atoms with van der Waals surface area (Å²) in [6.07, 6.45) is 6.28. The average molecular weight is 459 g/mol. The summed E-state index contributed by atoms with van der Waals surface area (Å²) >= 11 is 0. The molecule has 1 aliphatic heterocycles. The van der Waals surface area contributed by atoms with Gasteiger partial charge in [0.15, 0.2) is 5.79 Å². The fourth-order valence-electron chi connectivity index (χ4n) is 4.89. The van der Waals surface area contributed by atoms with Crippen molar-refractivity contribution in [2.45, 2.75) is 77.5 Å². The van der Waals surface area contributed by atoms with E-state index < -0.39 is 5.79 Å². The van der Waals surface area contributed by atoms with E-state index in [1.165, 1.54) is 43.4 Å². The first-order chi connectivity index (χ1) is 15.9. The predicted octanol–water partition coefficient (Wildman–Crippen LogP) is 7.10. The van der Waals surface area contributed by atoms with Crippen molar-refractivity contribution in [3.8, 4) is 0 Å². The molecule has 1 aromatic heterocycles. The van der Waals surface area contributed by atoms with Crippen LogP contribution in [0.25, 0.3) is 11.0 Å². The number of hydrogen-bond acceptors (Lipinski definition) is 3. The summed E-state index contributed by atoms with van der Waals surface area (Å²) in [4.78, 5) is 4.51. The second-order valence-corrected chi connectivity index (χ2v) is 8.59. The summed E-state index contributed by atoms with van der Waals surface area (Å²) in [6, 6.07) is 9.93. The van der Waals surface area contributed by atoms with E-state index in [0.29, 0.717) is 17.9 Å². The van der Waals surface area contributed by atoms with Crippen molar-refractivity contribution in [1.29, 1.82) is 0 Å². The van der Waals surface area contributed by atoms with Crippen LogP contribution in [0.2, 0.25) is 0 Å². The van der Waals surface area contributed by atoms with Crippen LogP contribution in [0.3, 0.4) is 0 Å². The van der Waals surface area contributed by atoms with Gasteiger partial charge in [-0.25, -0.2) is 13.8 Å². The van der Waals surface area contributed by atoms with E-state index in [1.54, 1.807) is 26.4 Å². The molecule has 4 rings (SSSR count). The van der Waals surface area contributed by atoms with Crippen molar-refractivity contribution in [3.63, 3.8) is 0 Å². The SMILES string of the molecule is CCCC(CCC)c1ccc(F)cc1.CCc1nc2cc(F)cc3c2n1CCC3(OC)OC. The van der Waals surface area contributed by atoms with Crippen LogP contribution in [0.4, 0.5) is 8.78 Å². The molecule has 1 aliphatic rings. The Labute approximate surface area is 195 Å². The second kappa shape index (κ2) is 11.2. The summed E-state index contributed by atoms with van der Waals surface area (Å²) in [5.41, 5.74) is 3.61. The highest BCUT2D eigenvalue weighted by molar-refractivity contribution is 5.81. The van der Waals surface area contributed by atoms with Gasteiger partial charge in [-0.15, -0.1) is 0 Å². The molecule has 0 amide bonds. The van der Waals surface area contributed by atoms with E-state index in [9.17, 15) is 8.78 Å². The Bertz CT molecular complexity index is 1040.